The van der Waals surface area contributed by atoms with Crippen molar-refractivity contribution in [2.24, 2.45) is 0 Å². The second-order valence-corrected chi connectivity index (χ2v) is 5.37. The molecule has 2 heterocycles. The lowest BCUT2D eigenvalue weighted by Crippen LogP contribution is -2.24. The molecular formula is C17H21N3O. The number of aryl methyl sites for hydroxylation is 1. The van der Waals surface area contributed by atoms with Crippen LogP contribution in [0.2, 0.25) is 0 Å². The number of carbonyl (C=O) groups is 1. The molecule has 1 aliphatic heterocycles. The van der Waals surface area contributed by atoms with E-state index in [0.717, 1.165) is 37.4 Å². The fraction of sp³-hybridized carbons (Fsp3) is 0.353. The summed E-state index contributed by atoms with van der Waals surface area (Å²) in [5, 5.41) is 3.46. The van der Waals surface area contributed by atoms with E-state index in [-0.39, 0.29) is 5.91 Å². The topological polar surface area (TPSA) is 37.3 Å². The molecule has 110 valence electrons. The van der Waals surface area contributed by atoms with Crippen LogP contribution >= 0.6 is 0 Å². The molecule has 4 heteroatoms. The van der Waals surface area contributed by atoms with Crippen molar-refractivity contribution >= 4 is 17.3 Å². The zero-order valence-electron chi connectivity index (χ0n) is 12.4. The molecule has 1 fully saturated rings. The van der Waals surface area contributed by atoms with E-state index in [1.807, 2.05) is 29.2 Å². The number of anilines is 2. The van der Waals surface area contributed by atoms with Crippen LogP contribution in [0.25, 0.3) is 0 Å². The number of nitrogens with zero attached hydrogens (tertiary/aromatic N) is 2. The molecule has 1 N–H and O–H groups in total. The number of hydrogen-bond donors (Lipinski definition) is 1. The van der Waals surface area contributed by atoms with Crippen molar-refractivity contribution in [3.8, 4) is 0 Å². The van der Waals surface area contributed by atoms with Gasteiger partial charge in [0.15, 0.2) is 0 Å². The number of carbonyl (C=O) groups excluding carboxylic acids is 1. The summed E-state index contributed by atoms with van der Waals surface area (Å²) in [7, 11) is 0. The van der Waals surface area contributed by atoms with E-state index in [9.17, 15) is 4.79 Å². The predicted octanol–water partition coefficient (Wildman–Crippen LogP) is 3.25. The van der Waals surface area contributed by atoms with Gasteiger partial charge in [0.2, 0.25) is 5.91 Å². The smallest absolute Gasteiger partial charge is 0.227 e. The van der Waals surface area contributed by atoms with Crippen molar-refractivity contribution in [2.75, 3.05) is 16.8 Å². The summed E-state index contributed by atoms with van der Waals surface area (Å²) in [4.78, 5) is 13.8. The third-order valence-electron chi connectivity index (χ3n) is 3.93. The first-order valence-electron chi connectivity index (χ1n) is 7.56. The fourth-order valence-electron chi connectivity index (χ4n) is 2.75. The number of para-hydroxylation sites is 2. The first kappa shape index (κ1) is 13.7. The quantitative estimate of drug-likeness (QED) is 0.914. The lowest BCUT2D eigenvalue weighted by Gasteiger charge is -2.20. The van der Waals surface area contributed by atoms with E-state index in [2.05, 4.69) is 35.3 Å². The highest BCUT2D eigenvalue weighted by Gasteiger charge is 2.23. The molecule has 0 unspecified atom stereocenters. The maximum Gasteiger partial charge on any atom is 0.227 e. The Hall–Kier alpha value is -2.23. The zero-order chi connectivity index (χ0) is 14.7. The van der Waals surface area contributed by atoms with Crippen LogP contribution in [0.4, 0.5) is 11.4 Å². The van der Waals surface area contributed by atoms with Gasteiger partial charge in [0.1, 0.15) is 0 Å². The molecule has 0 spiro atoms. The van der Waals surface area contributed by atoms with Crippen LogP contribution in [-0.4, -0.2) is 17.0 Å². The van der Waals surface area contributed by atoms with Gasteiger partial charge in [-0.1, -0.05) is 12.1 Å². The van der Waals surface area contributed by atoms with E-state index in [1.165, 1.54) is 5.56 Å². The normalized spacial score (nSPS) is 14.7. The number of rotatable bonds is 5. The molecule has 2 aromatic rings. The lowest BCUT2D eigenvalue weighted by molar-refractivity contribution is -0.117. The Morgan fingerprint density at radius 3 is 2.81 bits per heavy atom. The molecule has 0 saturated carbocycles. The Kier molecular flexibility index (Phi) is 3.95. The average Bonchev–Trinajstić information content (AvgIpc) is 3.14. The van der Waals surface area contributed by atoms with Crippen molar-refractivity contribution in [1.29, 1.82) is 0 Å². The monoisotopic (exact) mass is 283 g/mol. The first-order valence-corrected chi connectivity index (χ1v) is 7.56. The van der Waals surface area contributed by atoms with Crippen molar-refractivity contribution < 1.29 is 4.79 Å². The van der Waals surface area contributed by atoms with Crippen LogP contribution in [0.3, 0.4) is 0 Å². The van der Waals surface area contributed by atoms with E-state index >= 15 is 0 Å². The minimum atomic E-state index is 0.224. The van der Waals surface area contributed by atoms with Crippen LogP contribution in [0.1, 0.15) is 25.3 Å². The fourth-order valence-corrected chi connectivity index (χ4v) is 2.75. The SMILES string of the molecule is CCn1ccc(CNc2ccccc2N2CCCC2=O)c1. The first-order chi connectivity index (χ1) is 10.3. The van der Waals surface area contributed by atoms with Gasteiger partial charge in [-0.2, -0.15) is 0 Å². The van der Waals surface area contributed by atoms with Gasteiger partial charge in [-0.05, 0) is 37.1 Å². The standard InChI is InChI=1S/C17H21N3O/c1-2-19-11-9-14(13-19)12-18-15-6-3-4-7-16(15)20-10-5-8-17(20)21/h3-4,6-7,9,11,13,18H,2,5,8,10,12H2,1H3. The summed E-state index contributed by atoms with van der Waals surface area (Å²) in [6.07, 6.45) is 5.85. The molecule has 1 amide bonds. The van der Waals surface area contributed by atoms with Gasteiger partial charge in [0.05, 0.1) is 11.4 Å². The third-order valence-corrected chi connectivity index (χ3v) is 3.93. The maximum absolute atomic E-state index is 11.9. The Morgan fingerprint density at radius 1 is 1.24 bits per heavy atom. The number of nitrogens with one attached hydrogen (secondary N) is 1. The average molecular weight is 283 g/mol. The van der Waals surface area contributed by atoms with Crippen LogP contribution in [-0.2, 0) is 17.9 Å². The van der Waals surface area contributed by atoms with Crippen LogP contribution in [0, 0.1) is 0 Å². The second-order valence-electron chi connectivity index (χ2n) is 5.37. The van der Waals surface area contributed by atoms with E-state index in [0.29, 0.717) is 6.42 Å². The minimum absolute atomic E-state index is 0.224. The Balaban J connectivity index is 1.74. The summed E-state index contributed by atoms with van der Waals surface area (Å²) < 4.78 is 2.16. The van der Waals surface area contributed by atoms with Gasteiger partial charge in [-0.25, -0.2) is 0 Å². The van der Waals surface area contributed by atoms with Crippen molar-refractivity contribution in [3.63, 3.8) is 0 Å². The van der Waals surface area contributed by atoms with Crippen LogP contribution in [0.15, 0.2) is 42.7 Å². The Bertz CT molecular complexity index is 632. The zero-order valence-corrected chi connectivity index (χ0v) is 12.4. The predicted molar refractivity (Wildman–Crippen MR) is 85.5 cm³/mol. The molecule has 1 aromatic carbocycles. The second kappa shape index (κ2) is 6.04. The Morgan fingerprint density at radius 2 is 2.10 bits per heavy atom. The van der Waals surface area contributed by atoms with Gasteiger partial charge >= 0.3 is 0 Å². The van der Waals surface area contributed by atoms with Gasteiger partial charge < -0.3 is 14.8 Å². The van der Waals surface area contributed by atoms with Crippen molar-refractivity contribution in [1.82, 2.24) is 4.57 Å². The number of aromatic nitrogens is 1. The summed E-state index contributed by atoms with van der Waals surface area (Å²) in [5.41, 5.74) is 3.27. The van der Waals surface area contributed by atoms with Crippen LogP contribution < -0.4 is 10.2 Å². The largest absolute Gasteiger partial charge is 0.379 e. The van der Waals surface area contributed by atoms with Gasteiger partial charge in [-0.3, -0.25) is 4.79 Å². The molecule has 0 atom stereocenters. The van der Waals surface area contributed by atoms with Gasteiger partial charge in [0, 0.05) is 38.4 Å². The molecule has 1 saturated heterocycles. The van der Waals surface area contributed by atoms with Crippen LogP contribution in [0.5, 0.6) is 0 Å². The molecule has 4 nitrogen and oxygen atoms in total. The van der Waals surface area contributed by atoms with E-state index in [1.54, 1.807) is 0 Å². The Labute approximate surface area is 125 Å². The van der Waals surface area contributed by atoms with Gasteiger partial charge in [0.25, 0.3) is 0 Å². The number of benzene rings is 1. The maximum atomic E-state index is 11.9. The summed E-state index contributed by atoms with van der Waals surface area (Å²) >= 11 is 0. The molecule has 1 aromatic heterocycles. The highest BCUT2D eigenvalue weighted by atomic mass is 16.2. The highest BCUT2D eigenvalue weighted by molar-refractivity contribution is 5.98. The highest BCUT2D eigenvalue weighted by Crippen LogP contribution is 2.29. The molecular weight excluding hydrogens is 262 g/mol. The molecule has 1 aliphatic rings. The molecule has 3 rings (SSSR count). The minimum Gasteiger partial charge on any atom is -0.379 e. The number of hydrogen-bond acceptors (Lipinski definition) is 2. The lowest BCUT2D eigenvalue weighted by atomic mass is 10.2. The van der Waals surface area contributed by atoms with Crippen molar-refractivity contribution in [2.45, 2.75) is 32.9 Å². The number of amides is 1. The molecule has 21 heavy (non-hydrogen) atoms. The van der Waals surface area contributed by atoms with Gasteiger partial charge in [-0.15, -0.1) is 0 Å². The van der Waals surface area contributed by atoms with E-state index < -0.39 is 0 Å². The summed E-state index contributed by atoms with van der Waals surface area (Å²) in [5.74, 6) is 0.224. The molecule has 0 aliphatic carbocycles. The molecule has 0 radical (unpaired) electrons. The summed E-state index contributed by atoms with van der Waals surface area (Å²) in [6.45, 7) is 4.71. The summed E-state index contributed by atoms with van der Waals surface area (Å²) in [6, 6.07) is 10.2. The third kappa shape index (κ3) is 2.94. The van der Waals surface area contributed by atoms with Crippen molar-refractivity contribution in [3.05, 3.63) is 48.3 Å². The molecule has 0 bridgehead atoms. The van der Waals surface area contributed by atoms with E-state index in [4.69, 9.17) is 0 Å².